The molecule has 2 heteroatoms. The number of hydrogen-bond donors (Lipinski definition) is 1. The van der Waals surface area contributed by atoms with Gasteiger partial charge in [-0.2, -0.15) is 0 Å². The van der Waals surface area contributed by atoms with Gasteiger partial charge in [-0.05, 0) is 29.9 Å². The van der Waals surface area contributed by atoms with Gasteiger partial charge >= 0.3 is 0 Å². The lowest BCUT2D eigenvalue weighted by atomic mass is 9.80. The normalized spacial score (nSPS) is 21.9. The highest BCUT2D eigenvalue weighted by molar-refractivity contribution is 5.20. The molecule has 2 unspecified atom stereocenters. The Hall–Kier alpha value is -0.860. The molecule has 1 aromatic carbocycles. The van der Waals surface area contributed by atoms with Gasteiger partial charge in [-0.3, -0.25) is 4.90 Å². The van der Waals surface area contributed by atoms with E-state index in [1.54, 1.807) is 0 Å². The molecule has 0 aromatic heterocycles. The van der Waals surface area contributed by atoms with Gasteiger partial charge in [0.05, 0.1) is 0 Å². The number of nitrogens with zero attached hydrogens (tertiary/aromatic N) is 1. The third-order valence-electron chi connectivity index (χ3n) is 4.79. The lowest BCUT2D eigenvalue weighted by Gasteiger charge is -2.32. The SMILES string of the molecule is CC(C)NCC(c1ccccc1)N1CCC(C(C)(C)C)C1. The highest BCUT2D eigenvalue weighted by atomic mass is 15.2. The Kier molecular flexibility index (Phi) is 5.45. The predicted molar refractivity (Wildman–Crippen MR) is 91.5 cm³/mol. The quantitative estimate of drug-likeness (QED) is 0.878. The molecule has 2 nitrogen and oxygen atoms in total. The Morgan fingerprint density at radius 1 is 1.19 bits per heavy atom. The molecule has 1 aliphatic rings. The molecule has 1 N–H and O–H groups in total. The molecule has 1 aromatic rings. The zero-order chi connectivity index (χ0) is 15.5. The second-order valence-corrected chi connectivity index (χ2v) is 7.84. The average Bonchev–Trinajstić information content (AvgIpc) is 2.89. The van der Waals surface area contributed by atoms with Crippen molar-refractivity contribution in [2.45, 2.75) is 53.1 Å². The maximum absolute atomic E-state index is 3.63. The molecular weight excluding hydrogens is 256 g/mol. The molecule has 0 aliphatic carbocycles. The molecule has 118 valence electrons. The zero-order valence-electron chi connectivity index (χ0n) is 14.4. The van der Waals surface area contributed by atoms with Crippen LogP contribution in [0.5, 0.6) is 0 Å². The number of hydrogen-bond acceptors (Lipinski definition) is 2. The number of likely N-dealkylation sites (tertiary alicyclic amines) is 1. The van der Waals surface area contributed by atoms with E-state index in [4.69, 9.17) is 0 Å². The van der Waals surface area contributed by atoms with Crippen molar-refractivity contribution in [3.05, 3.63) is 35.9 Å². The largest absolute Gasteiger partial charge is 0.313 e. The highest BCUT2D eigenvalue weighted by Gasteiger charge is 2.35. The molecule has 1 saturated heterocycles. The summed E-state index contributed by atoms with van der Waals surface area (Å²) >= 11 is 0. The Bertz CT molecular complexity index is 419. The second kappa shape index (κ2) is 6.93. The molecule has 0 saturated carbocycles. The van der Waals surface area contributed by atoms with Crippen LogP contribution in [0.2, 0.25) is 0 Å². The Morgan fingerprint density at radius 3 is 2.38 bits per heavy atom. The lowest BCUT2D eigenvalue weighted by Crippen LogP contribution is -2.37. The molecule has 0 radical (unpaired) electrons. The van der Waals surface area contributed by atoms with Crippen molar-refractivity contribution in [3.8, 4) is 0 Å². The van der Waals surface area contributed by atoms with Gasteiger partial charge in [0.15, 0.2) is 0 Å². The first-order valence-corrected chi connectivity index (χ1v) is 8.40. The standard InChI is InChI=1S/C19H32N2/c1-15(2)20-13-18(16-9-7-6-8-10-16)21-12-11-17(14-21)19(3,4)5/h6-10,15,17-18,20H,11-14H2,1-5H3. The molecule has 1 heterocycles. The van der Waals surface area contributed by atoms with E-state index in [0.29, 0.717) is 17.5 Å². The molecule has 0 bridgehead atoms. The summed E-state index contributed by atoms with van der Waals surface area (Å²) in [5.41, 5.74) is 1.86. The van der Waals surface area contributed by atoms with E-state index in [2.05, 4.69) is 75.2 Å². The first kappa shape index (κ1) is 16.5. The zero-order valence-corrected chi connectivity index (χ0v) is 14.4. The Balaban J connectivity index is 2.09. The van der Waals surface area contributed by atoms with Crippen LogP contribution in [0.3, 0.4) is 0 Å². The molecule has 1 aliphatic heterocycles. The van der Waals surface area contributed by atoms with Gasteiger partial charge in [-0.15, -0.1) is 0 Å². The summed E-state index contributed by atoms with van der Waals surface area (Å²) < 4.78 is 0. The molecule has 1 fully saturated rings. The Morgan fingerprint density at radius 2 is 1.86 bits per heavy atom. The molecule has 0 spiro atoms. The summed E-state index contributed by atoms with van der Waals surface area (Å²) in [4.78, 5) is 2.68. The van der Waals surface area contributed by atoms with Crippen molar-refractivity contribution in [3.63, 3.8) is 0 Å². The van der Waals surface area contributed by atoms with Crippen molar-refractivity contribution in [1.29, 1.82) is 0 Å². The van der Waals surface area contributed by atoms with E-state index in [9.17, 15) is 0 Å². The fourth-order valence-corrected chi connectivity index (χ4v) is 3.26. The van der Waals surface area contributed by atoms with E-state index < -0.39 is 0 Å². The lowest BCUT2D eigenvalue weighted by molar-refractivity contribution is 0.190. The summed E-state index contributed by atoms with van der Waals surface area (Å²) in [6.45, 7) is 15.1. The van der Waals surface area contributed by atoms with E-state index in [1.165, 1.54) is 25.1 Å². The minimum Gasteiger partial charge on any atom is -0.313 e. The number of rotatable bonds is 5. The maximum Gasteiger partial charge on any atom is 0.0472 e. The summed E-state index contributed by atoms with van der Waals surface area (Å²) in [7, 11) is 0. The minimum atomic E-state index is 0.418. The van der Waals surface area contributed by atoms with Gasteiger partial charge in [0.1, 0.15) is 0 Å². The fraction of sp³-hybridized carbons (Fsp3) is 0.684. The third-order valence-corrected chi connectivity index (χ3v) is 4.79. The average molecular weight is 288 g/mol. The first-order valence-electron chi connectivity index (χ1n) is 8.40. The Labute approximate surface area is 130 Å². The monoisotopic (exact) mass is 288 g/mol. The van der Waals surface area contributed by atoms with Crippen molar-refractivity contribution in [2.75, 3.05) is 19.6 Å². The maximum atomic E-state index is 3.63. The van der Waals surface area contributed by atoms with E-state index in [-0.39, 0.29) is 0 Å². The number of nitrogens with one attached hydrogen (secondary N) is 1. The summed E-state index contributed by atoms with van der Waals surface area (Å²) in [5.74, 6) is 0.808. The summed E-state index contributed by atoms with van der Waals surface area (Å²) in [5, 5.41) is 3.63. The first-order chi connectivity index (χ1) is 9.88. The van der Waals surface area contributed by atoms with E-state index in [0.717, 1.165) is 12.5 Å². The van der Waals surface area contributed by atoms with E-state index in [1.807, 2.05) is 0 Å². The second-order valence-electron chi connectivity index (χ2n) is 7.84. The van der Waals surface area contributed by atoms with Crippen LogP contribution in [0.1, 0.15) is 52.6 Å². The predicted octanol–water partition coefficient (Wildman–Crippen LogP) is 4.09. The summed E-state index contributed by atoms with van der Waals surface area (Å²) in [6.07, 6.45) is 1.33. The summed E-state index contributed by atoms with van der Waals surface area (Å²) in [6, 6.07) is 12.0. The molecule has 2 rings (SSSR count). The van der Waals surface area contributed by atoms with Crippen LogP contribution >= 0.6 is 0 Å². The van der Waals surface area contributed by atoms with Crippen LogP contribution < -0.4 is 5.32 Å². The van der Waals surface area contributed by atoms with Crippen molar-refractivity contribution >= 4 is 0 Å². The van der Waals surface area contributed by atoms with Crippen LogP contribution in [0.15, 0.2) is 30.3 Å². The number of benzene rings is 1. The van der Waals surface area contributed by atoms with Gasteiger partial charge < -0.3 is 5.32 Å². The smallest absolute Gasteiger partial charge is 0.0472 e. The van der Waals surface area contributed by atoms with Gasteiger partial charge in [0.25, 0.3) is 0 Å². The van der Waals surface area contributed by atoms with Crippen LogP contribution in [0, 0.1) is 11.3 Å². The van der Waals surface area contributed by atoms with Gasteiger partial charge in [0, 0.05) is 25.2 Å². The molecule has 2 atom stereocenters. The van der Waals surface area contributed by atoms with Crippen molar-refractivity contribution < 1.29 is 0 Å². The van der Waals surface area contributed by atoms with Gasteiger partial charge in [-0.1, -0.05) is 65.0 Å². The fourth-order valence-electron chi connectivity index (χ4n) is 3.26. The van der Waals surface area contributed by atoms with Crippen LogP contribution in [-0.4, -0.2) is 30.6 Å². The molecule has 21 heavy (non-hydrogen) atoms. The van der Waals surface area contributed by atoms with Crippen molar-refractivity contribution in [2.24, 2.45) is 11.3 Å². The van der Waals surface area contributed by atoms with Crippen LogP contribution in [0.25, 0.3) is 0 Å². The van der Waals surface area contributed by atoms with Crippen LogP contribution in [0.4, 0.5) is 0 Å². The molecular formula is C19H32N2. The highest BCUT2D eigenvalue weighted by Crippen LogP contribution is 2.36. The third kappa shape index (κ3) is 4.55. The topological polar surface area (TPSA) is 15.3 Å². The van der Waals surface area contributed by atoms with Gasteiger partial charge in [-0.25, -0.2) is 0 Å². The van der Waals surface area contributed by atoms with E-state index >= 15 is 0 Å². The van der Waals surface area contributed by atoms with Gasteiger partial charge in [0.2, 0.25) is 0 Å². The van der Waals surface area contributed by atoms with Crippen molar-refractivity contribution in [1.82, 2.24) is 10.2 Å². The minimum absolute atomic E-state index is 0.418. The van der Waals surface area contributed by atoms with Crippen LogP contribution in [-0.2, 0) is 0 Å². The molecule has 0 amide bonds.